The Morgan fingerprint density at radius 2 is 0.739 bits per heavy atom. The van der Waals surface area contributed by atoms with E-state index in [4.69, 9.17) is 0 Å². The maximum atomic E-state index is 2.74. The zero-order valence-electron chi connectivity index (χ0n) is 55.4. The second-order valence-electron chi connectivity index (χ2n) is 31.6. The van der Waals surface area contributed by atoms with Crippen LogP contribution in [-0.2, 0) is 32.5 Å². The van der Waals surface area contributed by atoms with Crippen molar-refractivity contribution >= 4 is 90.1 Å². The Hall–Kier alpha value is -7.35. The third-order valence-corrected chi connectivity index (χ3v) is 22.2. The molecule has 0 spiro atoms. The Labute approximate surface area is 536 Å². The second-order valence-corrected chi connectivity index (χ2v) is 34.7. The molecule has 2 aliphatic heterocycles. The summed E-state index contributed by atoms with van der Waals surface area (Å²) in [6.45, 7) is 42.3. The summed E-state index contributed by atoms with van der Waals surface area (Å²) in [5.41, 5.74) is 29.4. The summed E-state index contributed by atoms with van der Waals surface area (Å²) in [5, 5.41) is 2.60. The van der Waals surface area contributed by atoms with Gasteiger partial charge in [-0.25, -0.2) is 0 Å². The Kier molecular flexibility index (Phi) is 14.3. The molecule has 0 aliphatic carbocycles. The van der Waals surface area contributed by atoms with Crippen LogP contribution in [0.1, 0.15) is 158 Å². The van der Waals surface area contributed by atoms with Gasteiger partial charge < -0.3 is 0 Å². The molecular weight excluding hydrogens is 1180 g/mol. The quantitative estimate of drug-likeness (QED) is 0.151. The Morgan fingerprint density at radius 1 is 0.307 bits per heavy atom. The molecule has 0 bridgehead atoms. The number of rotatable bonds is 6. The first-order valence-corrected chi connectivity index (χ1v) is 34.3. The molecule has 0 fully saturated rings. The van der Waals surface area contributed by atoms with E-state index in [0.29, 0.717) is 0 Å². The van der Waals surface area contributed by atoms with Gasteiger partial charge in [0.1, 0.15) is 0 Å². The summed E-state index contributed by atoms with van der Waals surface area (Å²) in [7, 11) is 0. The fourth-order valence-electron chi connectivity index (χ4n) is 13.5. The summed E-state index contributed by atoms with van der Waals surface area (Å²) >= 11 is -1.01. The third kappa shape index (κ3) is 10.7. The average Bonchev–Trinajstić information content (AvgIpc) is 0.937. The zero-order valence-corrected chi connectivity index (χ0v) is 57.8. The molecule has 0 radical (unpaired) electrons. The van der Waals surface area contributed by atoms with Gasteiger partial charge in [-0.3, -0.25) is 0 Å². The molecule has 0 N–H and O–H groups in total. The van der Waals surface area contributed by atoms with Crippen LogP contribution in [-0.4, -0.2) is 32.2 Å². The van der Waals surface area contributed by atoms with Crippen LogP contribution in [0.15, 0.2) is 200 Å². The molecule has 0 saturated carbocycles. The van der Waals surface area contributed by atoms with Crippen molar-refractivity contribution < 1.29 is 0 Å². The van der Waals surface area contributed by atoms with Crippen molar-refractivity contribution in [1.82, 2.24) is 4.57 Å². The molecule has 1 aromatic heterocycles. The van der Waals surface area contributed by atoms with Gasteiger partial charge in [0.2, 0.25) is 0 Å². The topological polar surface area (TPSA) is 8.17 Å². The molecule has 0 unspecified atom stereocenters. The molecule has 0 saturated heterocycles. The minimum atomic E-state index is -1.01. The molecule has 13 rings (SSSR count). The minimum absolute atomic E-state index is 0.00198. The molecule has 4 heteroatoms. The molecule has 11 aromatic rings. The van der Waals surface area contributed by atoms with Gasteiger partial charge in [0.25, 0.3) is 0 Å². The Bertz CT molecular complexity index is 4380. The molecule has 0 amide bonds. The summed E-state index contributed by atoms with van der Waals surface area (Å²) < 4.78 is 5.63. The van der Waals surface area contributed by atoms with E-state index < -0.39 is 20.9 Å². The molecular formula is C84H87BN2Te. The van der Waals surface area contributed by atoms with E-state index in [0.717, 1.165) is 0 Å². The fourth-order valence-corrected chi connectivity index (χ4v) is 17.0. The van der Waals surface area contributed by atoms with Gasteiger partial charge in [-0.05, 0) is 0 Å². The van der Waals surface area contributed by atoms with Crippen LogP contribution in [0, 0.1) is 0 Å². The van der Waals surface area contributed by atoms with Crippen molar-refractivity contribution in [3.05, 3.63) is 234 Å². The summed E-state index contributed by atoms with van der Waals surface area (Å²) in [5.74, 6) is 0. The summed E-state index contributed by atoms with van der Waals surface area (Å²) in [6, 6.07) is 79.1. The first-order valence-electron chi connectivity index (χ1n) is 32.0. The first-order chi connectivity index (χ1) is 41.4. The third-order valence-electron chi connectivity index (χ3n) is 18.9. The van der Waals surface area contributed by atoms with Gasteiger partial charge in [-0.2, -0.15) is 0 Å². The average molecular weight is 1260 g/mol. The van der Waals surface area contributed by atoms with Gasteiger partial charge in [-0.15, -0.1) is 0 Å². The van der Waals surface area contributed by atoms with Crippen molar-refractivity contribution in [3.63, 3.8) is 0 Å². The number of anilines is 3. The van der Waals surface area contributed by atoms with E-state index in [-0.39, 0.29) is 39.2 Å². The van der Waals surface area contributed by atoms with Gasteiger partial charge in [0, 0.05) is 0 Å². The molecule has 442 valence electrons. The second kappa shape index (κ2) is 21.1. The molecule has 2 nitrogen and oxygen atoms in total. The SMILES string of the molecule is CC(C)(C)c1cc(-c2ccc3c(c2)[Te]c2cc(-n4c5ccc(C(C)(C)C)cc5c5cc(C(C)(C)C)ccc54)cc4c2B3c2ccc(-c3cc(C(C)(C)C)cc(C(C)(C)C)c3)cc2N4c2c(-c3ccccc3)cccc2-c2ccccc2)cc(C(C)(C)C)c1. The van der Waals surface area contributed by atoms with E-state index in [9.17, 15) is 0 Å². The Morgan fingerprint density at radius 3 is 1.18 bits per heavy atom. The number of hydrogen-bond donors (Lipinski definition) is 0. The van der Waals surface area contributed by atoms with Crippen LogP contribution in [0.2, 0.25) is 0 Å². The van der Waals surface area contributed by atoms with Crippen LogP contribution in [0.5, 0.6) is 0 Å². The van der Waals surface area contributed by atoms with Gasteiger partial charge in [0.05, 0.1) is 0 Å². The predicted molar refractivity (Wildman–Crippen MR) is 386 cm³/mol. The van der Waals surface area contributed by atoms with Crippen LogP contribution >= 0.6 is 0 Å². The van der Waals surface area contributed by atoms with Crippen LogP contribution in [0.25, 0.3) is 72.0 Å². The normalized spacial score (nSPS) is 13.7. The molecule has 10 aromatic carbocycles. The number of hydrogen-bond acceptors (Lipinski definition) is 1. The number of fused-ring (bicyclic) bond motifs is 7. The number of benzene rings is 10. The summed E-state index contributed by atoms with van der Waals surface area (Å²) in [4.78, 5) is 2.74. The predicted octanol–water partition coefficient (Wildman–Crippen LogP) is 19.5. The number of para-hydroxylation sites is 1. The van der Waals surface area contributed by atoms with Crippen molar-refractivity contribution in [2.45, 2.75) is 157 Å². The molecule has 88 heavy (non-hydrogen) atoms. The standard InChI is InChI=1S/C84H87BN2Te/c1-79(2,3)58-34-38-71-67(48-58)68-49-59(80(4,5)6)35-39-72(68)86(71)64-50-74-77-76(51-64)88-75-45-55(57-42-62(83(13,14)15)47-63(43-57)84(16,17)18)33-37-70(75)85(77)69-36-32-54(56-40-60(81(7,8)9)46-61(41-56)82(10,11)12)44-73(69)87(74)78-65(52-26-21-19-22-27-52)30-25-31-66(78)53-28-23-20-24-29-53/h19-51H,1-18H3. The fraction of sp³-hybridized carbons (Fsp3) is 0.286. The zero-order chi connectivity index (χ0) is 62.4. The monoisotopic (exact) mass is 1260 g/mol. The van der Waals surface area contributed by atoms with Gasteiger partial charge in [-0.1, -0.05) is 0 Å². The van der Waals surface area contributed by atoms with Crippen molar-refractivity contribution in [2.75, 3.05) is 4.90 Å². The van der Waals surface area contributed by atoms with E-state index in [1.807, 2.05) is 0 Å². The first kappa shape index (κ1) is 59.6. The van der Waals surface area contributed by atoms with E-state index >= 15 is 0 Å². The van der Waals surface area contributed by atoms with Gasteiger partial charge >= 0.3 is 540 Å². The summed E-state index contributed by atoms with van der Waals surface area (Å²) in [6.07, 6.45) is 0. The van der Waals surface area contributed by atoms with Crippen LogP contribution in [0.3, 0.4) is 0 Å². The van der Waals surface area contributed by atoms with Crippen LogP contribution in [0.4, 0.5) is 17.1 Å². The van der Waals surface area contributed by atoms with Crippen molar-refractivity contribution in [2.24, 2.45) is 0 Å². The van der Waals surface area contributed by atoms with Crippen molar-refractivity contribution in [3.8, 4) is 50.2 Å². The molecule has 3 heterocycles. The van der Waals surface area contributed by atoms with E-state index in [1.165, 1.54) is 146 Å². The molecule has 2 aliphatic rings. The van der Waals surface area contributed by atoms with Gasteiger partial charge in [0.15, 0.2) is 0 Å². The number of aromatic nitrogens is 1. The number of nitrogens with zero attached hydrogens (tertiary/aromatic N) is 2. The molecule has 0 atom stereocenters. The van der Waals surface area contributed by atoms with Crippen molar-refractivity contribution in [1.29, 1.82) is 0 Å². The van der Waals surface area contributed by atoms with Crippen LogP contribution < -0.4 is 28.5 Å². The van der Waals surface area contributed by atoms with E-state index in [2.05, 4.69) is 334 Å². The maximum absolute atomic E-state index is 2.74. The van der Waals surface area contributed by atoms with E-state index in [1.54, 1.807) is 0 Å². The Balaban J connectivity index is 1.17.